The summed E-state index contributed by atoms with van der Waals surface area (Å²) in [5.74, 6) is 0.505. The molecule has 0 saturated heterocycles. The van der Waals surface area contributed by atoms with Crippen LogP contribution < -0.4 is 5.32 Å². The van der Waals surface area contributed by atoms with E-state index < -0.39 is 0 Å². The predicted octanol–water partition coefficient (Wildman–Crippen LogP) is 3.06. The normalized spacial score (nSPS) is 10.9. The summed E-state index contributed by atoms with van der Waals surface area (Å²) in [4.78, 5) is 16.3. The molecule has 2 rings (SSSR count). The first-order valence-corrected chi connectivity index (χ1v) is 8.09. The third kappa shape index (κ3) is 3.54. The highest BCUT2D eigenvalue weighted by molar-refractivity contribution is 7.99. The molecule has 0 spiro atoms. The lowest BCUT2D eigenvalue weighted by molar-refractivity contribution is -0.118. The number of thioether (sulfide) groups is 1. The number of aromatic nitrogens is 2. The zero-order valence-electron chi connectivity index (χ0n) is 12.1. The molecule has 1 heterocycles. The standard InChI is InChI=1S/C15H21N3OS/c1-3-5-10-16-14(19)11-20-15-17-12-8-6-7-9-13(12)18(15)4-2/h6-9H,3-5,10-11H2,1-2H3,(H,16,19). The minimum absolute atomic E-state index is 0.0816. The van der Waals surface area contributed by atoms with Gasteiger partial charge in [0.25, 0.3) is 0 Å². The van der Waals surface area contributed by atoms with Gasteiger partial charge in [0.1, 0.15) is 0 Å². The molecule has 1 N–H and O–H groups in total. The van der Waals surface area contributed by atoms with Gasteiger partial charge < -0.3 is 9.88 Å². The van der Waals surface area contributed by atoms with Crippen LogP contribution in [0.5, 0.6) is 0 Å². The number of hydrogen-bond donors (Lipinski definition) is 1. The highest BCUT2D eigenvalue weighted by atomic mass is 32.2. The van der Waals surface area contributed by atoms with Crippen molar-refractivity contribution in [3.8, 4) is 0 Å². The van der Waals surface area contributed by atoms with E-state index >= 15 is 0 Å². The molecule has 1 amide bonds. The van der Waals surface area contributed by atoms with Crippen LogP contribution in [-0.2, 0) is 11.3 Å². The van der Waals surface area contributed by atoms with Crippen molar-refractivity contribution in [1.82, 2.24) is 14.9 Å². The molecule has 20 heavy (non-hydrogen) atoms. The summed E-state index contributed by atoms with van der Waals surface area (Å²) in [7, 11) is 0. The topological polar surface area (TPSA) is 46.9 Å². The molecule has 108 valence electrons. The predicted molar refractivity (Wildman–Crippen MR) is 84.0 cm³/mol. The van der Waals surface area contributed by atoms with Gasteiger partial charge in [-0.3, -0.25) is 4.79 Å². The lowest BCUT2D eigenvalue weighted by atomic mass is 10.3. The maximum atomic E-state index is 11.7. The van der Waals surface area contributed by atoms with E-state index in [2.05, 4.69) is 34.8 Å². The molecular formula is C15H21N3OS. The monoisotopic (exact) mass is 291 g/mol. The van der Waals surface area contributed by atoms with Crippen LogP contribution in [0.1, 0.15) is 26.7 Å². The Hall–Kier alpha value is -1.49. The molecule has 1 aromatic carbocycles. The van der Waals surface area contributed by atoms with Crippen LogP contribution in [-0.4, -0.2) is 27.8 Å². The van der Waals surface area contributed by atoms with Gasteiger partial charge in [-0.05, 0) is 25.5 Å². The van der Waals surface area contributed by atoms with Gasteiger partial charge in [0, 0.05) is 13.1 Å². The number of aryl methyl sites for hydroxylation is 1. The second-order valence-electron chi connectivity index (χ2n) is 4.62. The van der Waals surface area contributed by atoms with Crippen LogP contribution in [0.25, 0.3) is 11.0 Å². The molecule has 2 aromatic rings. The lowest BCUT2D eigenvalue weighted by Crippen LogP contribution is -2.26. The molecule has 0 aliphatic heterocycles. The number of rotatable bonds is 7. The summed E-state index contributed by atoms with van der Waals surface area (Å²) in [6.07, 6.45) is 2.13. The zero-order valence-corrected chi connectivity index (χ0v) is 12.9. The minimum Gasteiger partial charge on any atom is -0.355 e. The largest absolute Gasteiger partial charge is 0.355 e. The van der Waals surface area contributed by atoms with E-state index in [9.17, 15) is 4.79 Å². The molecule has 0 aliphatic carbocycles. The van der Waals surface area contributed by atoms with E-state index in [1.165, 1.54) is 11.8 Å². The first-order chi connectivity index (χ1) is 9.76. The number of hydrogen-bond acceptors (Lipinski definition) is 3. The number of imidazole rings is 1. The maximum absolute atomic E-state index is 11.7. The van der Waals surface area contributed by atoms with E-state index in [0.29, 0.717) is 5.75 Å². The van der Waals surface area contributed by atoms with Crippen molar-refractivity contribution in [2.24, 2.45) is 0 Å². The molecule has 1 aromatic heterocycles. The van der Waals surface area contributed by atoms with E-state index in [0.717, 1.165) is 42.1 Å². The zero-order chi connectivity index (χ0) is 14.4. The molecule has 5 heteroatoms. The Morgan fingerprint density at radius 3 is 2.90 bits per heavy atom. The Morgan fingerprint density at radius 2 is 2.15 bits per heavy atom. The first-order valence-electron chi connectivity index (χ1n) is 7.11. The summed E-state index contributed by atoms with van der Waals surface area (Å²) < 4.78 is 2.15. The average Bonchev–Trinajstić information content (AvgIpc) is 2.83. The molecule has 0 fully saturated rings. The molecular weight excluding hydrogens is 270 g/mol. The molecule has 4 nitrogen and oxygen atoms in total. The highest BCUT2D eigenvalue weighted by Gasteiger charge is 2.11. The maximum Gasteiger partial charge on any atom is 0.230 e. The van der Waals surface area contributed by atoms with Crippen molar-refractivity contribution in [3.05, 3.63) is 24.3 Å². The summed E-state index contributed by atoms with van der Waals surface area (Å²) in [6, 6.07) is 8.08. The fraction of sp³-hybridized carbons (Fsp3) is 0.467. The van der Waals surface area contributed by atoms with Gasteiger partial charge in [0.05, 0.1) is 16.8 Å². The number of nitrogens with one attached hydrogen (secondary N) is 1. The third-order valence-corrected chi connectivity index (χ3v) is 4.10. The van der Waals surface area contributed by atoms with Crippen LogP contribution in [0.15, 0.2) is 29.4 Å². The van der Waals surface area contributed by atoms with Gasteiger partial charge in [-0.25, -0.2) is 4.98 Å². The fourth-order valence-electron chi connectivity index (χ4n) is 2.05. The number of nitrogens with zero attached hydrogens (tertiary/aromatic N) is 2. The van der Waals surface area contributed by atoms with Gasteiger partial charge in [-0.2, -0.15) is 0 Å². The van der Waals surface area contributed by atoms with Crippen molar-refractivity contribution in [1.29, 1.82) is 0 Å². The van der Waals surface area contributed by atoms with Crippen molar-refractivity contribution in [2.45, 2.75) is 38.4 Å². The second kappa shape index (κ2) is 7.33. The Balaban J connectivity index is 2.00. The van der Waals surface area contributed by atoms with Crippen LogP contribution >= 0.6 is 11.8 Å². The SMILES string of the molecule is CCCCNC(=O)CSc1nc2ccccc2n1CC. The van der Waals surface area contributed by atoms with E-state index in [1.54, 1.807) is 0 Å². The summed E-state index contributed by atoms with van der Waals surface area (Å²) in [5, 5.41) is 3.84. The lowest BCUT2D eigenvalue weighted by Gasteiger charge is -2.06. The molecule has 0 atom stereocenters. The van der Waals surface area contributed by atoms with Crippen LogP contribution in [0, 0.1) is 0 Å². The molecule has 0 saturated carbocycles. The van der Waals surface area contributed by atoms with E-state index in [1.807, 2.05) is 18.2 Å². The van der Waals surface area contributed by atoms with Crippen LogP contribution in [0.3, 0.4) is 0 Å². The summed E-state index contributed by atoms with van der Waals surface area (Å²) >= 11 is 1.50. The first kappa shape index (κ1) is 14.9. The van der Waals surface area contributed by atoms with Gasteiger partial charge in [-0.15, -0.1) is 0 Å². The Bertz CT molecular complexity index is 580. The number of fused-ring (bicyclic) bond motifs is 1. The number of para-hydroxylation sites is 2. The van der Waals surface area contributed by atoms with Crippen molar-refractivity contribution in [2.75, 3.05) is 12.3 Å². The number of carbonyl (C=O) groups is 1. The van der Waals surface area contributed by atoms with E-state index in [4.69, 9.17) is 0 Å². The highest BCUT2D eigenvalue weighted by Crippen LogP contribution is 2.23. The third-order valence-electron chi connectivity index (χ3n) is 3.12. The van der Waals surface area contributed by atoms with Gasteiger partial charge in [-0.1, -0.05) is 37.2 Å². The molecule has 0 unspecified atom stereocenters. The Kier molecular flexibility index (Phi) is 5.47. The number of unbranched alkanes of at least 4 members (excludes halogenated alkanes) is 1. The average molecular weight is 291 g/mol. The van der Waals surface area contributed by atoms with E-state index in [-0.39, 0.29) is 5.91 Å². The second-order valence-corrected chi connectivity index (χ2v) is 5.56. The smallest absolute Gasteiger partial charge is 0.230 e. The fourth-order valence-corrected chi connectivity index (χ4v) is 2.96. The Morgan fingerprint density at radius 1 is 1.35 bits per heavy atom. The van der Waals surface area contributed by atoms with Crippen molar-refractivity contribution >= 4 is 28.7 Å². The number of carbonyl (C=O) groups excluding carboxylic acids is 1. The van der Waals surface area contributed by atoms with Gasteiger partial charge in [0.2, 0.25) is 5.91 Å². The quantitative estimate of drug-likeness (QED) is 0.630. The summed E-state index contributed by atoms with van der Waals surface area (Å²) in [5.41, 5.74) is 2.12. The van der Waals surface area contributed by atoms with Crippen molar-refractivity contribution in [3.63, 3.8) is 0 Å². The van der Waals surface area contributed by atoms with Crippen LogP contribution in [0.4, 0.5) is 0 Å². The number of benzene rings is 1. The summed E-state index contributed by atoms with van der Waals surface area (Å²) in [6.45, 7) is 5.84. The Labute approximate surface area is 124 Å². The van der Waals surface area contributed by atoms with Gasteiger partial charge >= 0.3 is 0 Å². The minimum atomic E-state index is 0.0816. The molecule has 0 radical (unpaired) electrons. The van der Waals surface area contributed by atoms with Gasteiger partial charge in [0.15, 0.2) is 5.16 Å². The van der Waals surface area contributed by atoms with Crippen molar-refractivity contribution < 1.29 is 4.79 Å². The molecule has 0 bridgehead atoms. The number of amides is 1. The van der Waals surface area contributed by atoms with Crippen LogP contribution in [0.2, 0.25) is 0 Å². The molecule has 0 aliphatic rings.